The van der Waals surface area contributed by atoms with Gasteiger partial charge in [0.15, 0.2) is 12.1 Å². The van der Waals surface area contributed by atoms with E-state index in [1.54, 1.807) is 12.3 Å². The van der Waals surface area contributed by atoms with Gasteiger partial charge in [0.25, 0.3) is 0 Å². The van der Waals surface area contributed by atoms with Crippen molar-refractivity contribution in [3.8, 4) is 0 Å². The number of ether oxygens (including phenoxy) is 1. The molecule has 1 aromatic rings. The summed E-state index contributed by atoms with van der Waals surface area (Å²) in [5.74, 6) is 0.548. The number of aromatic nitrogens is 2. The Kier molecular flexibility index (Phi) is 3.52. The quantitative estimate of drug-likeness (QED) is 0.657. The van der Waals surface area contributed by atoms with Crippen LogP contribution in [0.15, 0.2) is 12.3 Å². The second-order valence-electron chi connectivity index (χ2n) is 2.56. The van der Waals surface area contributed by atoms with E-state index < -0.39 is 0 Å². The minimum absolute atomic E-state index is 0.162. The van der Waals surface area contributed by atoms with Gasteiger partial charge in [0.05, 0.1) is 0 Å². The molecule has 4 heteroatoms. The van der Waals surface area contributed by atoms with Crippen LogP contribution in [0.4, 0.5) is 0 Å². The Morgan fingerprint density at radius 3 is 3.08 bits per heavy atom. The van der Waals surface area contributed by atoms with Crippen LogP contribution in [0.25, 0.3) is 0 Å². The molecule has 0 fully saturated rings. The van der Waals surface area contributed by atoms with Crippen LogP contribution in [0, 0.1) is 0 Å². The number of aldehydes is 1. The molecule has 0 aliphatic carbocycles. The molecule has 0 bridgehead atoms. The molecule has 4 nitrogen and oxygen atoms in total. The molecule has 1 rings (SSSR count). The number of carbonyl (C=O) groups is 1. The van der Waals surface area contributed by atoms with Gasteiger partial charge in [0.1, 0.15) is 11.8 Å². The second kappa shape index (κ2) is 4.67. The number of carbonyl (C=O) groups excluding carboxylic acids is 1. The van der Waals surface area contributed by atoms with Crippen molar-refractivity contribution in [2.75, 3.05) is 6.61 Å². The fourth-order valence-electron chi connectivity index (χ4n) is 0.974. The van der Waals surface area contributed by atoms with Crippen molar-refractivity contribution in [1.82, 2.24) is 9.97 Å². The zero-order valence-corrected chi connectivity index (χ0v) is 7.73. The Morgan fingerprint density at radius 2 is 2.46 bits per heavy atom. The molecule has 0 N–H and O–H groups in total. The summed E-state index contributed by atoms with van der Waals surface area (Å²) in [5, 5.41) is 0. The van der Waals surface area contributed by atoms with Crippen LogP contribution in [-0.4, -0.2) is 22.9 Å². The number of hydrogen-bond donors (Lipinski definition) is 0. The zero-order chi connectivity index (χ0) is 9.68. The van der Waals surface area contributed by atoms with Crippen molar-refractivity contribution < 1.29 is 9.53 Å². The Morgan fingerprint density at radius 1 is 1.69 bits per heavy atom. The van der Waals surface area contributed by atoms with Gasteiger partial charge in [-0.15, -0.1) is 0 Å². The summed E-state index contributed by atoms with van der Waals surface area (Å²) in [6.45, 7) is 4.36. The van der Waals surface area contributed by atoms with E-state index in [1.165, 1.54) is 0 Å². The van der Waals surface area contributed by atoms with Crippen molar-refractivity contribution in [2.45, 2.75) is 20.0 Å². The maximum absolute atomic E-state index is 10.4. The summed E-state index contributed by atoms with van der Waals surface area (Å²) in [4.78, 5) is 18.4. The third-order valence-electron chi connectivity index (χ3n) is 1.60. The largest absolute Gasteiger partial charge is 0.371 e. The van der Waals surface area contributed by atoms with Crippen molar-refractivity contribution in [1.29, 1.82) is 0 Å². The first-order valence-electron chi connectivity index (χ1n) is 4.17. The van der Waals surface area contributed by atoms with Crippen molar-refractivity contribution >= 4 is 6.29 Å². The number of rotatable bonds is 4. The van der Waals surface area contributed by atoms with Crippen LogP contribution < -0.4 is 0 Å². The molecular weight excluding hydrogens is 168 g/mol. The van der Waals surface area contributed by atoms with E-state index in [0.717, 1.165) is 0 Å². The van der Waals surface area contributed by atoms with E-state index in [0.29, 0.717) is 24.4 Å². The summed E-state index contributed by atoms with van der Waals surface area (Å²) in [6.07, 6.45) is 2.09. The molecule has 0 spiro atoms. The van der Waals surface area contributed by atoms with E-state index in [9.17, 15) is 4.79 Å². The van der Waals surface area contributed by atoms with Crippen LogP contribution in [0.1, 0.15) is 36.3 Å². The minimum Gasteiger partial charge on any atom is -0.371 e. The van der Waals surface area contributed by atoms with E-state index in [2.05, 4.69) is 9.97 Å². The highest BCUT2D eigenvalue weighted by Gasteiger charge is 2.07. The lowest BCUT2D eigenvalue weighted by Gasteiger charge is -2.09. The summed E-state index contributed by atoms with van der Waals surface area (Å²) in [6, 6.07) is 1.56. The van der Waals surface area contributed by atoms with E-state index >= 15 is 0 Å². The topological polar surface area (TPSA) is 52.1 Å². The Balaban J connectivity index is 2.81. The first-order chi connectivity index (χ1) is 6.27. The summed E-state index contributed by atoms with van der Waals surface area (Å²) in [7, 11) is 0. The molecule has 1 heterocycles. The Hall–Kier alpha value is -1.29. The van der Waals surface area contributed by atoms with Gasteiger partial charge < -0.3 is 4.74 Å². The van der Waals surface area contributed by atoms with Gasteiger partial charge >= 0.3 is 0 Å². The average molecular weight is 180 g/mol. The molecule has 1 unspecified atom stereocenters. The first-order valence-corrected chi connectivity index (χ1v) is 4.17. The Bertz CT molecular complexity index is 289. The SMILES string of the molecule is CCOC(C)c1nccc(C=O)n1. The average Bonchev–Trinajstić information content (AvgIpc) is 2.18. The van der Waals surface area contributed by atoms with Crippen LogP contribution in [0.3, 0.4) is 0 Å². The molecule has 0 saturated carbocycles. The van der Waals surface area contributed by atoms with Crippen LogP contribution in [0.5, 0.6) is 0 Å². The maximum atomic E-state index is 10.4. The molecule has 1 atom stereocenters. The van der Waals surface area contributed by atoms with Crippen LogP contribution in [0.2, 0.25) is 0 Å². The molecule has 0 amide bonds. The molecule has 0 aliphatic rings. The molecule has 13 heavy (non-hydrogen) atoms. The fourth-order valence-corrected chi connectivity index (χ4v) is 0.974. The van der Waals surface area contributed by atoms with Crippen LogP contribution in [-0.2, 0) is 4.74 Å². The highest BCUT2D eigenvalue weighted by molar-refractivity contribution is 5.71. The van der Waals surface area contributed by atoms with Gasteiger partial charge in [-0.1, -0.05) is 0 Å². The first kappa shape index (κ1) is 9.80. The van der Waals surface area contributed by atoms with Gasteiger partial charge in [-0.25, -0.2) is 9.97 Å². The molecule has 70 valence electrons. The molecule has 0 aromatic carbocycles. The van der Waals surface area contributed by atoms with E-state index in [-0.39, 0.29) is 6.10 Å². The lowest BCUT2D eigenvalue weighted by molar-refractivity contribution is 0.0699. The van der Waals surface area contributed by atoms with E-state index in [1.807, 2.05) is 13.8 Å². The lowest BCUT2D eigenvalue weighted by Crippen LogP contribution is -2.06. The highest BCUT2D eigenvalue weighted by atomic mass is 16.5. The standard InChI is InChI=1S/C9H12N2O2/c1-3-13-7(2)9-10-5-4-8(6-12)11-9/h4-7H,3H2,1-2H3. The zero-order valence-electron chi connectivity index (χ0n) is 7.73. The predicted octanol–water partition coefficient (Wildman–Crippen LogP) is 1.39. The van der Waals surface area contributed by atoms with Gasteiger partial charge in [0, 0.05) is 12.8 Å². The highest BCUT2D eigenvalue weighted by Crippen LogP contribution is 2.10. The normalized spacial score (nSPS) is 12.5. The molecular formula is C9H12N2O2. The predicted molar refractivity (Wildman–Crippen MR) is 47.5 cm³/mol. The van der Waals surface area contributed by atoms with Gasteiger partial charge in [-0.2, -0.15) is 0 Å². The van der Waals surface area contributed by atoms with Crippen LogP contribution >= 0.6 is 0 Å². The summed E-state index contributed by atoms with van der Waals surface area (Å²) in [5.41, 5.74) is 0.386. The maximum Gasteiger partial charge on any atom is 0.168 e. The Labute approximate surface area is 77.0 Å². The molecule has 0 saturated heterocycles. The van der Waals surface area contributed by atoms with E-state index in [4.69, 9.17) is 4.74 Å². The molecule has 0 aliphatic heterocycles. The van der Waals surface area contributed by atoms with Gasteiger partial charge in [-0.3, -0.25) is 4.79 Å². The van der Waals surface area contributed by atoms with Gasteiger partial charge in [-0.05, 0) is 19.9 Å². The van der Waals surface area contributed by atoms with Crippen molar-refractivity contribution in [3.63, 3.8) is 0 Å². The van der Waals surface area contributed by atoms with Crippen molar-refractivity contribution in [3.05, 3.63) is 23.8 Å². The lowest BCUT2D eigenvalue weighted by atomic mass is 10.3. The second-order valence-corrected chi connectivity index (χ2v) is 2.56. The number of nitrogens with zero attached hydrogens (tertiary/aromatic N) is 2. The summed E-state index contributed by atoms with van der Waals surface area (Å²) < 4.78 is 5.29. The smallest absolute Gasteiger partial charge is 0.168 e. The third-order valence-corrected chi connectivity index (χ3v) is 1.60. The van der Waals surface area contributed by atoms with Gasteiger partial charge in [0.2, 0.25) is 0 Å². The number of hydrogen-bond acceptors (Lipinski definition) is 4. The summed E-state index contributed by atoms with van der Waals surface area (Å²) >= 11 is 0. The molecule has 1 aromatic heterocycles. The molecule has 0 radical (unpaired) electrons. The monoisotopic (exact) mass is 180 g/mol. The van der Waals surface area contributed by atoms with Crippen molar-refractivity contribution in [2.24, 2.45) is 0 Å². The third kappa shape index (κ3) is 2.59. The minimum atomic E-state index is -0.162. The fraction of sp³-hybridized carbons (Fsp3) is 0.444.